The second kappa shape index (κ2) is 10.4. The van der Waals surface area contributed by atoms with Crippen LogP contribution in [0.15, 0.2) is 77.7 Å². The Morgan fingerprint density at radius 2 is 1.62 bits per heavy atom. The largest absolute Gasteiger partial charge is 0.322 e. The monoisotopic (exact) mass is 517 g/mol. The highest BCUT2D eigenvalue weighted by Gasteiger charge is 2.27. The number of hydrogen-bond acceptors (Lipinski definition) is 4. The molecule has 1 aliphatic heterocycles. The molecule has 0 radical (unpaired) electrons. The van der Waals surface area contributed by atoms with Gasteiger partial charge < -0.3 is 5.32 Å². The van der Waals surface area contributed by atoms with Crippen LogP contribution in [0.4, 0.5) is 10.1 Å². The van der Waals surface area contributed by atoms with Gasteiger partial charge in [0.25, 0.3) is 5.91 Å². The molecule has 0 aliphatic carbocycles. The van der Waals surface area contributed by atoms with E-state index in [0.29, 0.717) is 52.1 Å². The molecule has 1 saturated heterocycles. The van der Waals surface area contributed by atoms with Gasteiger partial charge in [0, 0.05) is 29.7 Å². The molecule has 2 heterocycles. The van der Waals surface area contributed by atoms with E-state index < -0.39 is 10.0 Å². The average Bonchev–Trinajstić information content (AvgIpc) is 3.20. The van der Waals surface area contributed by atoms with Gasteiger partial charge in [0.1, 0.15) is 5.82 Å². The van der Waals surface area contributed by atoms with Gasteiger partial charge in [0.05, 0.1) is 21.7 Å². The predicted octanol–water partition coefficient (Wildman–Crippen LogP) is 6.17. The number of pyridine rings is 1. The Labute approximate surface area is 216 Å². The van der Waals surface area contributed by atoms with E-state index in [-0.39, 0.29) is 16.6 Å². The zero-order chi connectivity index (χ0) is 26.0. The molecular formula is C29H28FN3O3S. The van der Waals surface area contributed by atoms with Gasteiger partial charge in [-0.15, -0.1) is 0 Å². The summed E-state index contributed by atoms with van der Waals surface area (Å²) in [5.41, 5.74) is 3.27. The number of amides is 1. The first-order valence-corrected chi connectivity index (χ1v) is 13.8. The smallest absolute Gasteiger partial charge is 0.256 e. The van der Waals surface area contributed by atoms with E-state index in [2.05, 4.69) is 10.3 Å². The third-order valence-electron chi connectivity index (χ3n) is 6.73. The number of halogens is 1. The Morgan fingerprint density at radius 1 is 0.919 bits per heavy atom. The summed E-state index contributed by atoms with van der Waals surface area (Å²) in [4.78, 5) is 18.4. The number of anilines is 1. The fourth-order valence-corrected chi connectivity index (χ4v) is 6.47. The van der Waals surface area contributed by atoms with Crippen molar-refractivity contribution in [2.75, 3.05) is 18.4 Å². The summed E-state index contributed by atoms with van der Waals surface area (Å²) in [6.45, 7) is 2.78. The van der Waals surface area contributed by atoms with E-state index in [1.165, 1.54) is 18.2 Å². The number of hydrogen-bond donors (Lipinski definition) is 1. The first-order chi connectivity index (χ1) is 17.8. The van der Waals surface area contributed by atoms with Crippen LogP contribution in [0.2, 0.25) is 0 Å². The molecule has 4 aromatic rings. The van der Waals surface area contributed by atoms with Gasteiger partial charge in [-0.2, -0.15) is 4.31 Å². The van der Waals surface area contributed by atoms with E-state index in [0.717, 1.165) is 25.7 Å². The average molecular weight is 518 g/mol. The molecule has 8 heteroatoms. The molecule has 1 aromatic heterocycles. The zero-order valence-electron chi connectivity index (χ0n) is 20.6. The molecule has 190 valence electrons. The SMILES string of the molecule is Cc1ccc(NC(=O)c2cc(-c3ccc(F)cc3)nc3ccccc23)cc1S(=O)(=O)N1CCCCCC1. The Bertz CT molecular complexity index is 1560. The maximum absolute atomic E-state index is 13.5. The first kappa shape index (κ1) is 25.0. The molecule has 1 aliphatic rings. The molecule has 5 rings (SSSR count). The van der Waals surface area contributed by atoms with E-state index >= 15 is 0 Å². The van der Waals surface area contributed by atoms with Crippen LogP contribution in [0, 0.1) is 12.7 Å². The molecule has 0 bridgehead atoms. The number of rotatable bonds is 5. The third-order valence-corrected chi connectivity index (χ3v) is 8.77. The Balaban J connectivity index is 1.50. The summed E-state index contributed by atoms with van der Waals surface area (Å²) in [5.74, 6) is -0.739. The predicted molar refractivity (Wildman–Crippen MR) is 143 cm³/mol. The van der Waals surface area contributed by atoms with Gasteiger partial charge in [-0.3, -0.25) is 4.79 Å². The zero-order valence-corrected chi connectivity index (χ0v) is 21.4. The highest BCUT2D eigenvalue weighted by atomic mass is 32.2. The minimum Gasteiger partial charge on any atom is -0.322 e. The van der Waals surface area contributed by atoms with Gasteiger partial charge in [-0.05, 0) is 73.9 Å². The minimum absolute atomic E-state index is 0.207. The lowest BCUT2D eigenvalue weighted by atomic mass is 10.0. The number of aryl methyl sites for hydroxylation is 1. The lowest BCUT2D eigenvalue weighted by molar-refractivity contribution is 0.102. The number of nitrogens with zero attached hydrogens (tertiary/aromatic N) is 2. The Kier molecular flexibility index (Phi) is 7.04. The van der Waals surface area contributed by atoms with Crippen LogP contribution in [0.3, 0.4) is 0 Å². The first-order valence-electron chi connectivity index (χ1n) is 12.4. The van der Waals surface area contributed by atoms with Crippen LogP contribution in [0.1, 0.15) is 41.6 Å². The molecule has 0 saturated carbocycles. The van der Waals surface area contributed by atoms with Gasteiger partial charge in [0.15, 0.2) is 0 Å². The number of aromatic nitrogens is 1. The highest BCUT2D eigenvalue weighted by Crippen LogP contribution is 2.28. The Hall–Kier alpha value is -3.62. The molecule has 1 N–H and O–H groups in total. The summed E-state index contributed by atoms with van der Waals surface area (Å²) in [6.07, 6.45) is 3.75. The van der Waals surface area contributed by atoms with Crippen molar-refractivity contribution in [1.82, 2.24) is 9.29 Å². The van der Waals surface area contributed by atoms with Crippen LogP contribution in [-0.2, 0) is 10.0 Å². The maximum Gasteiger partial charge on any atom is 0.256 e. The van der Waals surface area contributed by atoms with Crippen molar-refractivity contribution in [2.45, 2.75) is 37.5 Å². The topological polar surface area (TPSA) is 79.4 Å². The number of fused-ring (bicyclic) bond motifs is 1. The second-order valence-electron chi connectivity index (χ2n) is 9.33. The maximum atomic E-state index is 13.5. The van der Waals surface area contributed by atoms with Crippen molar-refractivity contribution in [3.63, 3.8) is 0 Å². The summed E-state index contributed by atoms with van der Waals surface area (Å²) >= 11 is 0. The van der Waals surface area contributed by atoms with E-state index in [1.54, 1.807) is 41.6 Å². The molecular weight excluding hydrogens is 489 g/mol. The van der Waals surface area contributed by atoms with Crippen molar-refractivity contribution in [3.05, 3.63) is 89.7 Å². The van der Waals surface area contributed by atoms with E-state index in [9.17, 15) is 17.6 Å². The van der Waals surface area contributed by atoms with Crippen LogP contribution >= 0.6 is 0 Å². The van der Waals surface area contributed by atoms with Crippen molar-refractivity contribution < 1.29 is 17.6 Å². The van der Waals surface area contributed by atoms with Gasteiger partial charge in [-0.25, -0.2) is 17.8 Å². The fraction of sp³-hybridized carbons (Fsp3) is 0.241. The molecule has 0 unspecified atom stereocenters. The molecule has 6 nitrogen and oxygen atoms in total. The third kappa shape index (κ3) is 5.26. The normalized spacial score (nSPS) is 14.9. The van der Waals surface area contributed by atoms with Crippen molar-refractivity contribution in [3.8, 4) is 11.3 Å². The number of benzene rings is 3. The quantitative estimate of drug-likeness (QED) is 0.344. The molecule has 0 spiro atoms. The Morgan fingerprint density at radius 3 is 2.35 bits per heavy atom. The van der Waals surface area contributed by atoms with Crippen molar-refractivity contribution in [2.24, 2.45) is 0 Å². The second-order valence-corrected chi connectivity index (χ2v) is 11.2. The van der Waals surface area contributed by atoms with Crippen LogP contribution in [0.5, 0.6) is 0 Å². The highest BCUT2D eigenvalue weighted by molar-refractivity contribution is 7.89. The van der Waals surface area contributed by atoms with Crippen molar-refractivity contribution in [1.29, 1.82) is 0 Å². The molecule has 0 atom stereocenters. The van der Waals surface area contributed by atoms with Crippen LogP contribution < -0.4 is 5.32 Å². The molecule has 1 fully saturated rings. The minimum atomic E-state index is -3.68. The lowest BCUT2D eigenvalue weighted by Gasteiger charge is -2.21. The standard InChI is InChI=1S/C29H28FN3O3S/c1-20-10-15-23(18-28(20)37(35,36)33-16-6-2-3-7-17-33)31-29(34)25-19-27(21-11-13-22(30)14-12-21)32-26-9-5-4-8-24(25)26/h4-5,8-15,18-19H,2-3,6-7,16-17H2,1H3,(H,31,34). The summed E-state index contributed by atoms with van der Waals surface area (Å²) in [6, 6.07) is 19.9. The number of carbonyl (C=O) groups excluding carboxylic acids is 1. The van der Waals surface area contributed by atoms with E-state index in [1.807, 2.05) is 24.3 Å². The van der Waals surface area contributed by atoms with Crippen LogP contribution in [-0.4, -0.2) is 36.7 Å². The lowest BCUT2D eigenvalue weighted by Crippen LogP contribution is -2.32. The van der Waals surface area contributed by atoms with Crippen molar-refractivity contribution >= 4 is 32.5 Å². The molecule has 3 aromatic carbocycles. The molecule has 1 amide bonds. The summed E-state index contributed by atoms with van der Waals surface area (Å²) in [7, 11) is -3.68. The number of carbonyl (C=O) groups is 1. The number of sulfonamides is 1. The summed E-state index contributed by atoms with van der Waals surface area (Å²) in [5, 5.41) is 3.55. The molecule has 37 heavy (non-hydrogen) atoms. The van der Waals surface area contributed by atoms with Gasteiger partial charge in [-0.1, -0.05) is 37.1 Å². The van der Waals surface area contributed by atoms with Gasteiger partial charge in [0.2, 0.25) is 10.0 Å². The van der Waals surface area contributed by atoms with E-state index in [4.69, 9.17) is 0 Å². The number of nitrogens with one attached hydrogen (secondary N) is 1. The summed E-state index contributed by atoms with van der Waals surface area (Å²) < 4.78 is 41.9. The van der Waals surface area contributed by atoms with Crippen LogP contribution in [0.25, 0.3) is 22.2 Å². The number of para-hydroxylation sites is 1. The fourth-order valence-electron chi connectivity index (χ4n) is 4.71. The van der Waals surface area contributed by atoms with Gasteiger partial charge >= 0.3 is 0 Å².